The monoisotopic (exact) mass is 474 g/mol. The molecule has 0 saturated carbocycles. The highest BCUT2D eigenvalue weighted by Crippen LogP contribution is 2.10. The first kappa shape index (κ1) is 22.6. The molecule has 0 aliphatic rings. The van der Waals surface area contributed by atoms with Crippen molar-refractivity contribution >= 4 is 51.1 Å². The molecule has 6 nitrogen and oxygen atoms in total. The van der Waals surface area contributed by atoms with Gasteiger partial charge in [-0.15, -0.1) is 35.3 Å². The van der Waals surface area contributed by atoms with E-state index in [9.17, 15) is 8.42 Å². The summed E-state index contributed by atoms with van der Waals surface area (Å²) in [6.45, 7) is 7.31. The molecule has 0 saturated heterocycles. The zero-order chi connectivity index (χ0) is 16.6. The Morgan fingerprint density at radius 1 is 1.43 bits per heavy atom. The Kier molecular flexibility index (Phi) is 11.0. The third kappa shape index (κ3) is 10.1. The minimum Gasteiger partial charge on any atom is -0.357 e. The molecule has 0 aromatic carbocycles. The lowest BCUT2D eigenvalue weighted by Crippen LogP contribution is -2.42. The van der Waals surface area contributed by atoms with E-state index in [4.69, 9.17) is 0 Å². The number of aryl methyl sites for hydroxylation is 1. The second kappa shape index (κ2) is 11.2. The lowest BCUT2D eigenvalue weighted by atomic mass is 10.3. The number of hydrogen-bond acceptors (Lipinski definition) is 5. The number of thiazole rings is 1. The van der Waals surface area contributed by atoms with Crippen molar-refractivity contribution in [1.29, 1.82) is 0 Å². The number of rotatable bonds is 8. The van der Waals surface area contributed by atoms with E-state index in [-0.39, 0.29) is 35.8 Å². The van der Waals surface area contributed by atoms with Gasteiger partial charge in [-0.1, -0.05) is 6.92 Å². The Hall–Kier alpha value is -0.420. The van der Waals surface area contributed by atoms with Crippen molar-refractivity contribution in [3.8, 4) is 0 Å². The average molecular weight is 474 g/mol. The van der Waals surface area contributed by atoms with E-state index in [2.05, 4.69) is 27.5 Å². The maximum Gasteiger partial charge on any atom is 0.191 e. The van der Waals surface area contributed by atoms with Crippen LogP contribution in [0.5, 0.6) is 0 Å². The van der Waals surface area contributed by atoms with E-state index < -0.39 is 9.84 Å². The quantitative estimate of drug-likeness (QED) is 0.343. The number of nitrogens with one attached hydrogen (secondary N) is 2. The molecule has 0 aliphatic carbocycles. The van der Waals surface area contributed by atoms with Crippen LogP contribution >= 0.6 is 35.3 Å². The summed E-state index contributed by atoms with van der Waals surface area (Å²) >= 11 is 1.65. The SMILES string of the molecule is CCNC(=NCc1csc(CC)n1)NC(C)CCS(C)(=O)=O.I. The molecule has 1 unspecified atom stereocenters. The molecule has 1 aromatic rings. The Balaban J connectivity index is 0.00000484. The molecule has 0 fully saturated rings. The van der Waals surface area contributed by atoms with Crippen molar-refractivity contribution in [3.05, 3.63) is 16.1 Å². The van der Waals surface area contributed by atoms with E-state index in [1.807, 2.05) is 19.2 Å². The molecule has 134 valence electrons. The number of aromatic nitrogens is 1. The second-order valence-electron chi connectivity index (χ2n) is 5.25. The maximum atomic E-state index is 11.2. The normalized spacial score (nSPS) is 13.3. The number of halogens is 1. The third-order valence-corrected chi connectivity index (χ3v) is 4.97. The van der Waals surface area contributed by atoms with Crippen LogP contribution in [0, 0.1) is 0 Å². The van der Waals surface area contributed by atoms with Crippen LogP contribution in [0.2, 0.25) is 0 Å². The molecule has 1 aromatic heterocycles. The van der Waals surface area contributed by atoms with Crippen LogP contribution in [0.1, 0.15) is 37.9 Å². The predicted molar refractivity (Wildman–Crippen MR) is 109 cm³/mol. The molecule has 2 N–H and O–H groups in total. The summed E-state index contributed by atoms with van der Waals surface area (Å²) in [5.74, 6) is 0.863. The van der Waals surface area contributed by atoms with Crippen LogP contribution in [0.4, 0.5) is 0 Å². The predicted octanol–water partition coefficient (Wildman–Crippen LogP) is 2.20. The minimum atomic E-state index is -2.93. The van der Waals surface area contributed by atoms with Crippen LogP contribution in [-0.4, -0.2) is 44.0 Å². The van der Waals surface area contributed by atoms with E-state index >= 15 is 0 Å². The Morgan fingerprint density at radius 2 is 2.13 bits per heavy atom. The van der Waals surface area contributed by atoms with Gasteiger partial charge in [-0.2, -0.15) is 0 Å². The highest BCUT2D eigenvalue weighted by atomic mass is 127. The van der Waals surface area contributed by atoms with Crippen LogP contribution < -0.4 is 10.6 Å². The fourth-order valence-electron chi connectivity index (χ4n) is 1.76. The molecule has 0 aliphatic heterocycles. The van der Waals surface area contributed by atoms with Gasteiger partial charge in [-0.25, -0.2) is 18.4 Å². The van der Waals surface area contributed by atoms with E-state index in [0.29, 0.717) is 18.9 Å². The number of hydrogen-bond donors (Lipinski definition) is 2. The fraction of sp³-hybridized carbons (Fsp3) is 0.714. The molecular weight excluding hydrogens is 447 g/mol. The molecule has 23 heavy (non-hydrogen) atoms. The molecule has 0 radical (unpaired) electrons. The topological polar surface area (TPSA) is 83.4 Å². The lowest BCUT2D eigenvalue weighted by Gasteiger charge is -2.17. The van der Waals surface area contributed by atoms with Gasteiger partial charge in [0.05, 0.1) is 23.0 Å². The lowest BCUT2D eigenvalue weighted by molar-refractivity contribution is 0.581. The molecule has 0 bridgehead atoms. The Morgan fingerprint density at radius 3 is 2.65 bits per heavy atom. The summed E-state index contributed by atoms with van der Waals surface area (Å²) in [6, 6.07) is 0.0363. The van der Waals surface area contributed by atoms with Gasteiger partial charge in [0.1, 0.15) is 9.84 Å². The zero-order valence-electron chi connectivity index (χ0n) is 14.1. The largest absolute Gasteiger partial charge is 0.357 e. The summed E-state index contributed by atoms with van der Waals surface area (Å²) in [5, 5.41) is 9.54. The molecule has 1 rings (SSSR count). The first-order chi connectivity index (χ1) is 10.3. The molecular formula is C14H27IN4O2S2. The molecule has 1 heterocycles. The van der Waals surface area contributed by atoms with Crippen molar-refractivity contribution in [2.45, 2.75) is 46.2 Å². The van der Waals surface area contributed by atoms with E-state index in [0.717, 1.165) is 23.7 Å². The molecule has 9 heteroatoms. The van der Waals surface area contributed by atoms with Crippen LogP contribution in [0.25, 0.3) is 0 Å². The first-order valence-corrected chi connectivity index (χ1v) is 10.4. The zero-order valence-corrected chi connectivity index (χ0v) is 18.1. The third-order valence-electron chi connectivity index (χ3n) is 2.95. The van der Waals surface area contributed by atoms with Gasteiger partial charge in [0.15, 0.2) is 5.96 Å². The fourth-order valence-corrected chi connectivity index (χ4v) is 3.28. The van der Waals surface area contributed by atoms with Crippen molar-refractivity contribution in [2.24, 2.45) is 4.99 Å². The summed E-state index contributed by atoms with van der Waals surface area (Å²) in [6.07, 6.45) is 2.75. The number of sulfone groups is 1. The summed E-state index contributed by atoms with van der Waals surface area (Å²) in [5.41, 5.74) is 0.961. The minimum absolute atomic E-state index is 0. The summed E-state index contributed by atoms with van der Waals surface area (Å²) < 4.78 is 22.4. The number of aliphatic imine (C=N–C) groups is 1. The Labute approximate surface area is 160 Å². The highest BCUT2D eigenvalue weighted by molar-refractivity contribution is 14.0. The van der Waals surface area contributed by atoms with Gasteiger partial charge in [0.25, 0.3) is 0 Å². The number of nitrogens with zero attached hydrogens (tertiary/aromatic N) is 2. The van der Waals surface area contributed by atoms with E-state index in [1.54, 1.807) is 11.3 Å². The summed E-state index contributed by atoms with van der Waals surface area (Å²) in [4.78, 5) is 8.99. The van der Waals surface area contributed by atoms with Gasteiger partial charge in [-0.05, 0) is 26.7 Å². The van der Waals surface area contributed by atoms with Gasteiger partial charge in [0.2, 0.25) is 0 Å². The van der Waals surface area contributed by atoms with Gasteiger partial charge in [-0.3, -0.25) is 0 Å². The average Bonchev–Trinajstić information content (AvgIpc) is 2.90. The van der Waals surface area contributed by atoms with Crippen molar-refractivity contribution < 1.29 is 8.42 Å². The van der Waals surface area contributed by atoms with E-state index in [1.165, 1.54) is 6.26 Å². The second-order valence-corrected chi connectivity index (χ2v) is 8.45. The summed E-state index contributed by atoms with van der Waals surface area (Å²) in [7, 11) is -2.93. The molecule has 1 atom stereocenters. The van der Waals surface area contributed by atoms with Gasteiger partial charge in [0, 0.05) is 24.2 Å². The smallest absolute Gasteiger partial charge is 0.191 e. The van der Waals surface area contributed by atoms with Crippen LogP contribution in [-0.2, 0) is 22.8 Å². The molecule has 0 spiro atoms. The van der Waals surface area contributed by atoms with Crippen molar-refractivity contribution in [3.63, 3.8) is 0 Å². The molecule has 0 amide bonds. The first-order valence-electron chi connectivity index (χ1n) is 7.49. The maximum absolute atomic E-state index is 11.2. The van der Waals surface area contributed by atoms with Gasteiger partial charge >= 0.3 is 0 Å². The van der Waals surface area contributed by atoms with Crippen LogP contribution in [0.3, 0.4) is 0 Å². The standard InChI is InChI=1S/C14H26N4O2S2.HI/c1-5-13-18-12(10-21-13)9-16-14(15-6-2)17-11(3)7-8-22(4,19)20;/h10-11H,5-9H2,1-4H3,(H2,15,16,17);1H. The highest BCUT2D eigenvalue weighted by Gasteiger charge is 2.09. The Bertz CT molecular complexity index is 587. The van der Waals surface area contributed by atoms with Crippen molar-refractivity contribution in [2.75, 3.05) is 18.6 Å². The van der Waals surface area contributed by atoms with Crippen LogP contribution in [0.15, 0.2) is 10.4 Å². The number of guanidine groups is 1. The van der Waals surface area contributed by atoms with Crippen molar-refractivity contribution in [1.82, 2.24) is 15.6 Å². The van der Waals surface area contributed by atoms with Gasteiger partial charge < -0.3 is 10.6 Å².